The normalized spacial score (nSPS) is 10.6. The van der Waals surface area contributed by atoms with Gasteiger partial charge in [-0.2, -0.15) is 4.57 Å². The standard InChI is InChI=1S/C19H29NO2/c1-17(2)19(22)18-13-9-11-15-20(18)14-10-7-5-3-4-6-8-12-16-21/h9,11,13,15H,1,3-8,10,12,14,16H2,2H3. The fourth-order valence-corrected chi connectivity index (χ4v) is 2.54. The first-order valence-corrected chi connectivity index (χ1v) is 8.43. The molecule has 0 aliphatic carbocycles. The van der Waals surface area contributed by atoms with Gasteiger partial charge in [0.05, 0.1) is 0 Å². The Labute approximate surface area is 134 Å². The number of aryl methyl sites for hydroxylation is 1. The summed E-state index contributed by atoms with van der Waals surface area (Å²) in [6, 6.07) is 5.73. The average molecular weight is 303 g/mol. The topological polar surface area (TPSA) is 44.0 Å². The van der Waals surface area contributed by atoms with Crippen LogP contribution in [0.25, 0.3) is 0 Å². The maximum absolute atomic E-state index is 12.1. The van der Waals surface area contributed by atoms with E-state index in [1.54, 1.807) is 6.92 Å². The number of hydrogen-bond donors (Lipinski definition) is 0. The van der Waals surface area contributed by atoms with Crippen molar-refractivity contribution in [1.82, 2.24) is 0 Å². The molecule has 0 unspecified atom stereocenters. The number of rotatable bonds is 12. The van der Waals surface area contributed by atoms with Gasteiger partial charge in [0, 0.05) is 18.6 Å². The van der Waals surface area contributed by atoms with Crippen LogP contribution in [0, 0.1) is 0 Å². The van der Waals surface area contributed by atoms with Gasteiger partial charge in [-0.1, -0.05) is 45.1 Å². The molecule has 0 saturated heterocycles. The Hall–Kier alpha value is -1.48. The number of hydrogen-bond acceptors (Lipinski definition) is 2. The van der Waals surface area contributed by atoms with Gasteiger partial charge in [-0.25, -0.2) is 0 Å². The minimum atomic E-state index is 0.0268. The quantitative estimate of drug-likeness (QED) is 0.257. The van der Waals surface area contributed by atoms with E-state index in [0.29, 0.717) is 5.57 Å². The number of carbonyl (C=O) groups is 1. The summed E-state index contributed by atoms with van der Waals surface area (Å²) < 4.78 is 2.03. The molecule has 0 bridgehead atoms. The molecule has 22 heavy (non-hydrogen) atoms. The van der Waals surface area contributed by atoms with E-state index in [9.17, 15) is 9.90 Å². The highest BCUT2D eigenvalue weighted by Crippen LogP contribution is 2.08. The summed E-state index contributed by atoms with van der Waals surface area (Å²) in [5.74, 6) is 0.0268. The van der Waals surface area contributed by atoms with Gasteiger partial charge < -0.3 is 5.11 Å². The molecule has 3 heteroatoms. The first kappa shape index (κ1) is 18.6. The molecular formula is C19H29NO2. The van der Waals surface area contributed by atoms with E-state index in [2.05, 4.69) is 6.58 Å². The summed E-state index contributed by atoms with van der Waals surface area (Å²) in [5.41, 5.74) is 1.31. The lowest BCUT2D eigenvalue weighted by Gasteiger charge is -2.04. The monoisotopic (exact) mass is 303 g/mol. The number of pyridine rings is 1. The number of unbranched alkanes of at least 4 members (excludes halogenated alkanes) is 7. The van der Waals surface area contributed by atoms with Gasteiger partial charge >= 0.3 is 0 Å². The fourth-order valence-electron chi connectivity index (χ4n) is 2.54. The molecule has 1 heterocycles. The van der Waals surface area contributed by atoms with Crippen molar-refractivity contribution in [3.8, 4) is 0 Å². The summed E-state index contributed by atoms with van der Waals surface area (Å²) in [6.45, 7) is 6.45. The van der Waals surface area contributed by atoms with Gasteiger partial charge in [-0.3, -0.25) is 4.79 Å². The summed E-state index contributed by atoms with van der Waals surface area (Å²) >= 11 is 0. The van der Waals surface area contributed by atoms with Crippen LogP contribution in [0.1, 0.15) is 68.8 Å². The van der Waals surface area contributed by atoms with Crippen molar-refractivity contribution in [3.63, 3.8) is 0 Å². The molecule has 1 aromatic rings. The lowest BCUT2D eigenvalue weighted by atomic mass is 10.1. The lowest BCUT2D eigenvalue weighted by molar-refractivity contribution is -0.699. The Morgan fingerprint density at radius 2 is 1.64 bits per heavy atom. The Morgan fingerprint density at radius 3 is 2.23 bits per heavy atom. The second-order valence-electron chi connectivity index (χ2n) is 5.92. The molecule has 0 N–H and O–H groups in total. The van der Waals surface area contributed by atoms with Crippen molar-refractivity contribution in [1.29, 1.82) is 0 Å². The Kier molecular flexibility index (Phi) is 9.40. The largest absolute Gasteiger partial charge is 0.854 e. The van der Waals surface area contributed by atoms with E-state index in [4.69, 9.17) is 0 Å². The highest BCUT2D eigenvalue weighted by atomic mass is 16.2. The first-order valence-electron chi connectivity index (χ1n) is 8.43. The van der Waals surface area contributed by atoms with Crippen molar-refractivity contribution in [2.24, 2.45) is 0 Å². The summed E-state index contributed by atoms with van der Waals surface area (Å²) in [7, 11) is 0. The third-order valence-electron chi connectivity index (χ3n) is 3.85. The predicted molar refractivity (Wildman–Crippen MR) is 87.6 cm³/mol. The van der Waals surface area contributed by atoms with Crippen LogP contribution in [0.2, 0.25) is 0 Å². The van der Waals surface area contributed by atoms with Crippen LogP contribution in [0.5, 0.6) is 0 Å². The van der Waals surface area contributed by atoms with E-state index in [1.807, 2.05) is 29.0 Å². The van der Waals surface area contributed by atoms with Gasteiger partial charge in [0.25, 0.3) is 11.5 Å². The van der Waals surface area contributed by atoms with Gasteiger partial charge in [-0.05, 0) is 25.0 Å². The van der Waals surface area contributed by atoms with E-state index < -0.39 is 0 Å². The number of carbonyl (C=O) groups excluding carboxylic acids is 1. The molecule has 0 aromatic carbocycles. The number of aromatic nitrogens is 1. The number of nitrogens with zero attached hydrogens (tertiary/aromatic N) is 1. The van der Waals surface area contributed by atoms with Gasteiger partial charge in [0.15, 0.2) is 6.20 Å². The van der Waals surface area contributed by atoms with E-state index in [1.165, 1.54) is 32.1 Å². The van der Waals surface area contributed by atoms with Crippen LogP contribution in [0.4, 0.5) is 0 Å². The van der Waals surface area contributed by atoms with Crippen molar-refractivity contribution >= 4 is 5.78 Å². The zero-order chi connectivity index (χ0) is 16.2. The zero-order valence-corrected chi connectivity index (χ0v) is 13.9. The van der Waals surface area contributed by atoms with Crippen LogP contribution in [0.15, 0.2) is 36.5 Å². The highest BCUT2D eigenvalue weighted by molar-refractivity contribution is 6.05. The fraction of sp³-hybridized carbons (Fsp3) is 0.579. The molecule has 0 aliphatic heterocycles. The van der Waals surface area contributed by atoms with Gasteiger partial charge in [0.2, 0.25) is 0 Å². The van der Waals surface area contributed by atoms with Crippen molar-refractivity contribution in [2.75, 3.05) is 6.61 Å². The van der Waals surface area contributed by atoms with Gasteiger partial charge in [-0.15, -0.1) is 6.61 Å². The lowest BCUT2D eigenvalue weighted by Crippen LogP contribution is -2.40. The number of ketones is 1. The maximum Gasteiger partial charge on any atom is 0.253 e. The molecule has 0 fully saturated rings. The van der Waals surface area contributed by atoms with Crippen LogP contribution < -0.4 is 9.67 Å². The zero-order valence-electron chi connectivity index (χ0n) is 13.9. The second-order valence-corrected chi connectivity index (χ2v) is 5.92. The summed E-state index contributed by atoms with van der Waals surface area (Å²) in [5, 5.41) is 10.3. The minimum absolute atomic E-state index is 0.0268. The molecule has 0 saturated carbocycles. The van der Waals surface area contributed by atoms with Gasteiger partial charge in [0.1, 0.15) is 6.54 Å². The Bertz CT molecular complexity index is 468. The number of allylic oxidation sites excluding steroid dienone is 1. The predicted octanol–water partition coefficient (Wildman–Crippen LogP) is 3.21. The van der Waals surface area contributed by atoms with E-state index in [-0.39, 0.29) is 12.4 Å². The third kappa shape index (κ3) is 6.99. The third-order valence-corrected chi connectivity index (χ3v) is 3.85. The maximum atomic E-state index is 12.1. The molecule has 3 nitrogen and oxygen atoms in total. The van der Waals surface area contributed by atoms with Crippen molar-refractivity contribution in [2.45, 2.75) is 64.8 Å². The van der Waals surface area contributed by atoms with Crippen molar-refractivity contribution < 1.29 is 14.5 Å². The smallest absolute Gasteiger partial charge is 0.253 e. The van der Waals surface area contributed by atoms with Crippen LogP contribution in [-0.2, 0) is 6.54 Å². The summed E-state index contributed by atoms with van der Waals surface area (Å²) in [6.07, 6.45) is 11.0. The van der Waals surface area contributed by atoms with Crippen LogP contribution in [-0.4, -0.2) is 12.4 Å². The van der Waals surface area contributed by atoms with Crippen LogP contribution in [0.3, 0.4) is 0 Å². The average Bonchev–Trinajstić information content (AvgIpc) is 2.53. The van der Waals surface area contributed by atoms with E-state index in [0.717, 1.165) is 31.5 Å². The Balaban J connectivity index is 2.25. The number of Topliss-reactive ketones (excluding diaryl/α,β-unsaturated/α-hetero) is 1. The molecule has 0 radical (unpaired) electrons. The molecule has 0 aliphatic rings. The molecule has 1 rings (SSSR count). The molecule has 1 aromatic heterocycles. The molecule has 0 amide bonds. The van der Waals surface area contributed by atoms with Crippen LogP contribution >= 0.6 is 0 Å². The van der Waals surface area contributed by atoms with Crippen molar-refractivity contribution in [3.05, 3.63) is 42.2 Å². The van der Waals surface area contributed by atoms with E-state index >= 15 is 0 Å². The molecule has 122 valence electrons. The Morgan fingerprint density at radius 1 is 1.05 bits per heavy atom. The highest BCUT2D eigenvalue weighted by Gasteiger charge is 2.18. The second kappa shape index (κ2) is 11.1. The minimum Gasteiger partial charge on any atom is -0.854 e. The molecule has 0 atom stereocenters. The molecular weight excluding hydrogens is 274 g/mol. The molecule has 0 spiro atoms. The summed E-state index contributed by atoms with van der Waals surface area (Å²) in [4.78, 5) is 12.1. The first-order chi connectivity index (χ1) is 10.7. The SMILES string of the molecule is C=C(C)C(=O)c1cccc[n+]1CCCCCCCCCC[O-].